The number of halogens is 2. The number of hydrogen-bond donors (Lipinski definition) is 0. The molecule has 0 rings (SSSR count). The largest absolute Gasteiger partial charge is 2.00 e. The second-order valence-electron chi connectivity index (χ2n) is 0. The fourth-order valence-electron chi connectivity index (χ4n) is 0. The standard InChI is InChI=1S/Ca.2FH.Na/h;2*1H;/q+2;;;+1/p-2. The van der Waals surface area contributed by atoms with Gasteiger partial charge in [-0.3, -0.25) is 0 Å². The molecule has 0 saturated heterocycles. The van der Waals surface area contributed by atoms with Crippen LogP contribution in [-0.4, -0.2) is 37.7 Å². The molecule has 0 amide bonds. The van der Waals surface area contributed by atoms with Gasteiger partial charge >= 0.3 is 67.3 Å². The van der Waals surface area contributed by atoms with Crippen LogP contribution in [-0.2, 0) is 0 Å². The van der Waals surface area contributed by atoms with E-state index in [0.29, 0.717) is 0 Å². The molecule has 0 aromatic rings. The molecule has 0 aliphatic heterocycles. The molecule has 0 spiro atoms. The van der Waals surface area contributed by atoms with Gasteiger partial charge in [0.05, 0.1) is 0 Å². The predicted molar refractivity (Wildman–Crippen MR) is 5.75 cm³/mol. The zero-order valence-corrected chi connectivity index (χ0v) is 6.67. The van der Waals surface area contributed by atoms with E-state index in [2.05, 4.69) is 0 Å². The molecule has 0 radical (unpaired) electrons. The Labute approximate surface area is 75.4 Å². The van der Waals surface area contributed by atoms with Crippen molar-refractivity contribution in [2.24, 2.45) is 0 Å². The van der Waals surface area contributed by atoms with Crippen LogP contribution in [0.4, 0.5) is 0 Å². The molecular formula is CaF2Na+. The third kappa shape index (κ3) is 8.92. The van der Waals surface area contributed by atoms with E-state index in [1.54, 1.807) is 0 Å². The quantitative estimate of drug-likeness (QED) is 0.266. The maximum absolute atomic E-state index is 0. The van der Waals surface area contributed by atoms with Gasteiger partial charge in [-0.2, -0.15) is 0 Å². The van der Waals surface area contributed by atoms with E-state index in [0.717, 1.165) is 0 Å². The van der Waals surface area contributed by atoms with E-state index >= 15 is 0 Å². The first-order valence-corrected chi connectivity index (χ1v) is 0. The number of rotatable bonds is 0. The summed E-state index contributed by atoms with van der Waals surface area (Å²) in [6, 6.07) is 0. The van der Waals surface area contributed by atoms with Gasteiger partial charge in [0.25, 0.3) is 0 Å². The van der Waals surface area contributed by atoms with Gasteiger partial charge in [-0.1, -0.05) is 0 Å². The van der Waals surface area contributed by atoms with Gasteiger partial charge in [-0.05, 0) is 0 Å². The van der Waals surface area contributed by atoms with Gasteiger partial charge < -0.3 is 9.41 Å². The van der Waals surface area contributed by atoms with Crippen LogP contribution in [0, 0.1) is 0 Å². The summed E-state index contributed by atoms with van der Waals surface area (Å²) in [5, 5.41) is 0. The Kier molecular flexibility index (Phi) is 173. The first-order chi connectivity index (χ1) is 0. The topological polar surface area (TPSA) is 0 Å². The fraction of sp³-hybridized carbons (Fsp3) is 0. The van der Waals surface area contributed by atoms with E-state index < -0.39 is 0 Å². The zero-order valence-electron chi connectivity index (χ0n) is 2.46. The van der Waals surface area contributed by atoms with Crippen LogP contribution >= 0.6 is 0 Å². The summed E-state index contributed by atoms with van der Waals surface area (Å²) in [7, 11) is 0. The Morgan fingerprint density at radius 3 is 0.750 bits per heavy atom. The van der Waals surface area contributed by atoms with E-state index in [1.165, 1.54) is 0 Å². The van der Waals surface area contributed by atoms with Crippen molar-refractivity contribution < 1.29 is 39.0 Å². The smallest absolute Gasteiger partial charge is 1.00 e. The second kappa shape index (κ2) is 19.3. The summed E-state index contributed by atoms with van der Waals surface area (Å²) in [6.07, 6.45) is 0. The summed E-state index contributed by atoms with van der Waals surface area (Å²) in [5.41, 5.74) is 0. The summed E-state index contributed by atoms with van der Waals surface area (Å²) in [5.74, 6) is 0. The molecule has 16 valence electrons. The zero-order chi connectivity index (χ0) is 0. The van der Waals surface area contributed by atoms with E-state index in [1.807, 2.05) is 0 Å². The van der Waals surface area contributed by atoms with Crippen molar-refractivity contribution in [3.8, 4) is 0 Å². The van der Waals surface area contributed by atoms with Gasteiger partial charge in [0, 0.05) is 0 Å². The Bertz CT molecular complexity index is 6.00. The molecule has 0 aromatic heterocycles. The van der Waals surface area contributed by atoms with Crippen molar-refractivity contribution in [3.63, 3.8) is 0 Å². The van der Waals surface area contributed by atoms with Crippen molar-refractivity contribution in [2.45, 2.75) is 0 Å². The van der Waals surface area contributed by atoms with Crippen molar-refractivity contribution in [3.05, 3.63) is 0 Å². The molecule has 0 heterocycles. The van der Waals surface area contributed by atoms with Crippen LogP contribution < -0.4 is 39.0 Å². The third-order valence-corrected chi connectivity index (χ3v) is 0. The van der Waals surface area contributed by atoms with Crippen molar-refractivity contribution in [1.82, 2.24) is 0 Å². The Hall–Kier alpha value is 2.12. The molecule has 0 saturated carbocycles. The molecular weight excluding hydrogens is 101 g/mol. The van der Waals surface area contributed by atoms with E-state index in [-0.39, 0.29) is 76.7 Å². The molecule has 0 nitrogen and oxygen atoms in total. The average Bonchev–Trinajstić information content (AvgIpc) is 0. The van der Waals surface area contributed by atoms with E-state index in [9.17, 15) is 0 Å². The summed E-state index contributed by atoms with van der Waals surface area (Å²) < 4.78 is 0. The van der Waals surface area contributed by atoms with Gasteiger partial charge in [0.1, 0.15) is 0 Å². The first kappa shape index (κ1) is 35.7. The average molecular weight is 101 g/mol. The molecule has 4 heavy (non-hydrogen) atoms. The Morgan fingerprint density at radius 1 is 0.750 bits per heavy atom. The van der Waals surface area contributed by atoms with Crippen LogP contribution in [0.3, 0.4) is 0 Å². The maximum atomic E-state index is 0. The molecule has 0 fully saturated rings. The normalized spacial score (nSPS) is 0. The fourth-order valence-corrected chi connectivity index (χ4v) is 0. The Balaban J connectivity index is 0. The minimum absolute atomic E-state index is 0. The molecule has 0 aliphatic carbocycles. The van der Waals surface area contributed by atoms with Crippen LogP contribution in [0.15, 0.2) is 0 Å². The predicted octanol–water partition coefficient (Wildman–Crippen LogP) is -9.37. The molecule has 4 heteroatoms. The van der Waals surface area contributed by atoms with Crippen LogP contribution in [0.1, 0.15) is 0 Å². The van der Waals surface area contributed by atoms with Crippen molar-refractivity contribution in [2.75, 3.05) is 0 Å². The monoisotopic (exact) mass is 101 g/mol. The van der Waals surface area contributed by atoms with Gasteiger partial charge in [0.15, 0.2) is 0 Å². The minimum Gasteiger partial charge on any atom is -1.00 e. The Morgan fingerprint density at radius 2 is 0.750 bits per heavy atom. The first-order valence-electron chi connectivity index (χ1n) is 0. The minimum atomic E-state index is 0. The van der Waals surface area contributed by atoms with Crippen molar-refractivity contribution in [1.29, 1.82) is 0 Å². The summed E-state index contributed by atoms with van der Waals surface area (Å²) >= 11 is 0. The van der Waals surface area contributed by atoms with Crippen molar-refractivity contribution >= 4 is 37.7 Å². The molecule has 0 bridgehead atoms. The van der Waals surface area contributed by atoms with Gasteiger partial charge in [-0.15, -0.1) is 0 Å². The van der Waals surface area contributed by atoms with Crippen LogP contribution in [0.25, 0.3) is 0 Å². The third-order valence-electron chi connectivity index (χ3n) is 0. The maximum Gasteiger partial charge on any atom is 2.00 e. The summed E-state index contributed by atoms with van der Waals surface area (Å²) in [4.78, 5) is 0. The molecule has 0 unspecified atom stereocenters. The molecule has 0 N–H and O–H groups in total. The van der Waals surface area contributed by atoms with Crippen LogP contribution in [0.5, 0.6) is 0 Å². The number of hydrogen-bond acceptors (Lipinski definition) is 0. The molecule has 0 aromatic carbocycles. The summed E-state index contributed by atoms with van der Waals surface area (Å²) in [6.45, 7) is 0. The van der Waals surface area contributed by atoms with Gasteiger partial charge in [-0.25, -0.2) is 0 Å². The van der Waals surface area contributed by atoms with E-state index in [4.69, 9.17) is 0 Å². The SMILES string of the molecule is [Ca+2].[F-].[F-].[Na+]. The van der Waals surface area contributed by atoms with Gasteiger partial charge in [0.2, 0.25) is 0 Å². The molecule has 0 aliphatic rings. The second-order valence-corrected chi connectivity index (χ2v) is 0. The molecule has 0 atom stereocenters. The van der Waals surface area contributed by atoms with Crippen LogP contribution in [0.2, 0.25) is 0 Å².